The molecule has 0 spiro atoms. The molecule has 110 valence electrons. The molecule has 2 heteroatoms. The highest BCUT2D eigenvalue weighted by atomic mass is 19.1. The third kappa shape index (κ3) is 3.33. The Labute approximate surface area is 126 Å². The molecule has 2 rings (SSSR count). The van der Waals surface area contributed by atoms with Crippen LogP contribution in [0.1, 0.15) is 31.9 Å². The average molecular weight is 283 g/mol. The Bertz CT molecular complexity index is 614. The van der Waals surface area contributed by atoms with E-state index in [4.69, 9.17) is 0 Å². The summed E-state index contributed by atoms with van der Waals surface area (Å²) in [5.41, 5.74) is 4.14. The van der Waals surface area contributed by atoms with E-state index >= 15 is 0 Å². The first-order chi connectivity index (χ1) is 10.0. The highest BCUT2D eigenvalue weighted by Gasteiger charge is 2.14. The topological polar surface area (TPSA) is 3.24 Å². The van der Waals surface area contributed by atoms with Crippen LogP contribution in [0.3, 0.4) is 0 Å². The van der Waals surface area contributed by atoms with Gasteiger partial charge in [-0.15, -0.1) is 0 Å². The minimum atomic E-state index is -0.225. The molecule has 0 aromatic heterocycles. The average Bonchev–Trinajstić information content (AvgIpc) is 2.48. The quantitative estimate of drug-likeness (QED) is 0.736. The lowest BCUT2D eigenvalue weighted by molar-refractivity contribution is 0.627. The van der Waals surface area contributed by atoms with Gasteiger partial charge in [-0.25, -0.2) is 4.39 Å². The van der Waals surface area contributed by atoms with E-state index in [0.29, 0.717) is 6.04 Å². The Morgan fingerprint density at radius 1 is 1.10 bits per heavy atom. The van der Waals surface area contributed by atoms with Gasteiger partial charge in [-0.1, -0.05) is 36.9 Å². The molecule has 0 radical (unpaired) electrons. The van der Waals surface area contributed by atoms with Crippen LogP contribution in [-0.2, 0) is 0 Å². The molecule has 2 aromatic carbocycles. The summed E-state index contributed by atoms with van der Waals surface area (Å²) in [6.45, 7) is 11.7. The summed E-state index contributed by atoms with van der Waals surface area (Å²) in [4.78, 5) is 2.34. The second-order valence-corrected chi connectivity index (χ2v) is 5.38. The van der Waals surface area contributed by atoms with Crippen molar-refractivity contribution in [1.82, 2.24) is 0 Å². The number of rotatable bonds is 5. The summed E-state index contributed by atoms with van der Waals surface area (Å²) in [5, 5.41) is 0. The molecular weight excluding hydrogens is 261 g/mol. The summed E-state index contributed by atoms with van der Waals surface area (Å²) in [6.07, 6.45) is 0. The first-order valence-electron chi connectivity index (χ1n) is 7.35. The minimum Gasteiger partial charge on any atom is -0.369 e. The fraction of sp³-hybridized carbons (Fsp3) is 0.263. The zero-order valence-electron chi connectivity index (χ0n) is 12.9. The summed E-state index contributed by atoms with van der Waals surface area (Å²) < 4.78 is 13.1. The van der Waals surface area contributed by atoms with Gasteiger partial charge >= 0.3 is 0 Å². The van der Waals surface area contributed by atoms with Gasteiger partial charge in [0.25, 0.3) is 0 Å². The number of halogens is 1. The van der Waals surface area contributed by atoms with Crippen molar-refractivity contribution >= 4 is 11.3 Å². The second-order valence-electron chi connectivity index (χ2n) is 5.38. The Hall–Kier alpha value is -2.09. The van der Waals surface area contributed by atoms with E-state index in [-0.39, 0.29) is 5.82 Å². The molecule has 0 fully saturated rings. The molecule has 0 aliphatic rings. The van der Waals surface area contributed by atoms with Crippen LogP contribution in [0.4, 0.5) is 10.1 Å². The molecule has 2 aromatic rings. The molecule has 0 aliphatic carbocycles. The van der Waals surface area contributed by atoms with E-state index in [1.807, 2.05) is 12.1 Å². The summed E-state index contributed by atoms with van der Waals surface area (Å²) in [5.74, 6) is -0.225. The van der Waals surface area contributed by atoms with E-state index in [1.54, 1.807) is 12.1 Å². The molecule has 0 heterocycles. The smallest absolute Gasteiger partial charge is 0.123 e. The van der Waals surface area contributed by atoms with Gasteiger partial charge in [-0.05, 0) is 50.1 Å². The van der Waals surface area contributed by atoms with E-state index in [0.717, 1.165) is 23.2 Å². The monoisotopic (exact) mass is 283 g/mol. The highest BCUT2D eigenvalue weighted by molar-refractivity contribution is 5.85. The van der Waals surface area contributed by atoms with Crippen molar-refractivity contribution < 1.29 is 4.39 Å². The maximum absolute atomic E-state index is 13.1. The number of benzene rings is 2. The molecule has 0 amide bonds. The largest absolute Gasteiger partial charge is 0.369 e. The van der Waals surface area contributed by atoms with Crippen LogP contribution in [0.25, 0.3) is 5.57 Å². The molecule has 0 saturated carbocycles. The first-order valence-corrected chi connectivity index (χ1v) is 7.35. The van der Waals surface area contributed by atoms with Crippen LogP contribution in [0.15, 0.2) is 55.1 Å². The Kier molecular flexibility index (Phi) is 4.79. The van der Waals surface area contributed by atoms with Gasteiger partial charge in [0.15, 0.2) is 0 Å². The van der Waals surface area contributed by atoms with E-state index in [1.165, 1.54) is 17.8 Å². The maximum Gasteiger partial charge on any atom is 0.123 e. The third-order valence-electron chi connectivity index (χ3n) is 3.70. The molecular formula is C19H22FN. The molecule has 0 unspecified atom stereocenters. The molecule has 21 heavy (non-hydrogen) atoms. The predicted molar refractivity (Wildman–Crippen MR) is 89.1 cm³/mol. The number of para-hydroxylation sites is 1. The van der Waals surface area contributed by atoms with E-state index in [2.05, 4.69) is 44.4 Å². The van der Waals surface area contributed by atoms with E-state index in [9.17, 15) is 4.39 Å². The highest BCUT2D eigenvalue weighted by Crippen LogP contribution is 2.31. The number of hydrogen-bond acceptors (Lipinski definition) is 1. The molecule has 0 N–H and O–H groups in total. The van der Waals surface area contributed by atoms with Gasteiger partial charge in [-0.3, -0.25) is 0 Å². The number of nitrogens with zero attached hydrogens (tertiary/aromatic N) is 1. The Balaban J connectivity index is 2.44. The van der Waals surface area contributed by atoms with Crippen LogP contribution in [-0.4, -0.2) is 12.6 Å². The second kappa shape index (κ2) is 6.57. The lowest BCUT2D eigenvalue weighted by atomic mass is 9.97. The van der Waals surface area contributed by atoms with Crippen LogP contribution in [0, 0.1) is 5.82 Å². The Morgan fingerprint density at radius 3 is 2.29 bits per heavy atom. The molecule has 0 aliphatic heterocycles. The van der Waals surface area contributed by atoms with Crippen LogP contribution in [0.2, 0.25) is 0 Å². The predicted octanol–water partition coefficient (Wildman–Crippen LogP) is 5.12. The van der Waals surface area contributed by atoms with Crippen molar-refractivity contribution in [3.8, 4) is 0 Å². The fourth-order valence-corrected chi connectivity index (χ4v) is 2.60. The van der Waals surface area contributed by atoms with Crippen molar-refractivity contribution in [2.45, 2.75) is 26.8 Å². The van der Waals surface area contributed by atoms with Crippen molar-refractivity contribution in [3.63, 3.8) is 0 Å². The summed E-state index contributed by atoms with van der Waals surface area (Å²) >= 11 is 0. The Morgan fingerprint density at radius 2 is 1.71 bits per heavy atom. The lowest BCUT2D eigenvalue weighted by Crippen LogP contribution is -2.31. The van der Waals surface area contributed by atoms with Crippen molar-refractivity contribution in [3.05, 3.63) is 72.1 Å². The van der Waals surface area contributed by atoms with E-state index < -0.39 is 0 Å². The summed E-state index contributed by atoms with van der Waals surface area (Å²) in [7, 11) is 0. The zero-order chi connectivity index (χ0) is 15.4. The van der Waals surface area contributed by atoms with Crippen LogP contribution < -0.4 is 4.90 Å². The molecule has 1 nitrogen and oxygen atoms in total. The lowest BCUT2D eigenvalue weighted by Gasteiger charge is -2.30. The van der Waals surface area contributed by atoms with Gasteiger partial charge in [-0.2, -0.15) is 0 Å². The van der Waals surface area contributed by atoms with Crippen molar-refractivity contribution in [1.29, 1.82) is 0 Å². The zero-order valence-corrected chi connectivity index (χ0v) is 12.9. The van der Waals surface area contributed by atoms with Crippen molar-refractivity contribution in [2.75, 3.05) is 11.4 Å². The van der Waals surface area contributed by atoms with Crippen LogP contribution >= 0.6 is 0 Å². The fourth-order valence-electron chi connectivity index (χ4n) is 2.60. The molecule has 0 bridgehead atoms. The van der Waals surface area contributed by atoms with Gasteiger partial charge < -0.3 is 4.90 Å². The van der Waals surface area contributed by atoms with Gasteiger partial charge in [0.2, 0.25) is 0 Å². The van der Waals surface area contributed by atoms with Crippen LogP contribution in [0.5, 0.6) is 0 Å². The third-order valence-corrected chi connectivity index (χ3v) is 3.70. The SMILES string of the molecule is C=C(c1ccc(F)cc1)c1ccccc1N(CC)C(C)C. The number of hydrogen-bond donors (Lipinski definition) is 0. The maximum atomic E-state index is 13.1. The van der Waals surface area contributed by atoms with Gasteiger partial charge in [0.1, 0.15) is 5.82 Å². The summed E-state index contributed by atoms with van der Waals surface area (Å²) in [6, 6.07) is 15.2. The minimum absolute atomic E-state index is 0.225. The van der Waals surface area contributed by atoms with Gasteiger partial charge in [0.05, 0.1) is 0 Å². The van der Waals surface area contributed by atoms with Gasteiger partial charge in [0, 0.05) is 23.8 Å². The first kappa shape index (κ1) is 15.3. The van der Waals surface area contributed by atoms with Crippen molar-refractivity contribution in [2.24, 2.45) is 0 Å². The standard InChI is InChI=1S/C19H22FN/c1-5-21(14(2)3)19-9-7-6-8-18(19)15(4)16-10-12-17(20)13-11-16/h6-14H,4-5H2,1-3H3. The normalized spacial score (nSPS) is 10.7. The number of anilines is 1. The molecule has 0 atom stereocenters. The molecule has 0 saturated heterocycles.